The molecule has 7 atom stereocenters. The number of amides is 2. The van der Waals surface area contributed by atoms with E-state index in [-0.39, 0.29) is 24.1 Å². The number of ether oxygens (including phenoxy) is 3. The van der Waals surface area contributed by atoms with Crippen molar-refractivity contribution in [3.05, 3.63) is 71.9 Å². The number of cyclic esters (lactones) is 1. The van der Waals surface area contributed by atoms with Crippen molar-refractivity contribution in [2.24, 2.45) is 28.6 Å². The lowest BCUT2D eigenvalue weighted by Gasteiger charge is -2.64. The molecule has 2 amide bonds. The van der Waals surface area contributed by atoms with Gasteiger partial charge in [0.25, 0.3) is 5.91 Å². The molecule has 0 bridgehead atoms. The molecule has 6 rings (SSSR count). The normalized spacial score (nSPS) is 35.3. The second kappa shape index (κ2) is 8.85. The van der Waals surface area contributed by atoms with Crippen LogP contribution in [0.5, 0.6) is 0 Å². The Labute approximate surface area is 219 Å². The van der Waals surface area contributed by atoms with Crippen LogP contribution in [0.15, 0.2) is 65.2 Å². The maximum absolute atomic E-state index is 14.2. The SMILES string of the molecule is COC1=C[C@@]23CC[C@H]4C(=O)O[C@H](c5ccoc5)C[C@]4(C)[C@H]2C(=O)[C@@H](OC(=O)NC(=O)c2ccccc2)C[C@@H]13. The molecule has 1 aromatic heterocycles. The van der Waals surface area contributed by atoms with Crippen molar-refractivity contribution in [3.8, 4) is 0 Å². The van der Waals surface area contributed by atoms with Gasteiger partial charge in [-0.1, -0.05) is 25.1 Å². The van der Waals surface area contributed by atoms with E-state index in [1.165, 1.54) is 6.26 Å². The lowest BCUT2D eigenvalue weighted by atomic mass is 9.39. The highest BCUT2D eigenvalue weighted by molar-refractivity contribution is 6.03. The smallest absolute Gasteiger partial charge is 0.414 e. The van der Waals surface area contributed by atoms with Crippen molar-refractivity contribution in [3.63, 3.8) is 0 Å². The van der Waals surface area contributed by atoms with E-state index < -0.39 is 46.9 Å². The fourth-order valence-corrected chi connectivity index (χ4v) is 7.47. The van der Waals surface area contributed by atoms with Gasteiger partial charge >= 0.3 is 12.1 Å². The van der Waals surface area contributed by atoms with E-state index >= 15 is 0 Å². The summed E-state index contributed by atoms with van der Waals surface area (Å²) >= 11 is 0. The minimum atomic E-state index is -1.08. The van der Waals surface area contributed by atoms with Crippen LogP contribution in [0, 0.1) is 28.6 Å². The summed E-state index contributed by atoms with van der Waals surface area (Å²) in [5.41, 5.74) is -0.178. The third-order valence-electron chi connectivity index (χ3n) is 9.13. The number of alkyl carbamates (subject to hydrolysis) is 1. The van der Waals surface area contributed by atoms with E-state index in [9.17, 15) is 19.2 Å². The Kier molecular flexibility index (Phi) is 5.70. The van der Waals surface area contributed by atoms with Gasteiger partial charge in [-0.3, -0.25) is 19.7 Å². The number of Topliss-reactive ketones (excluding diaryl/α,β-unsaturated/α-hetero) is 1. The van der Waals surface area contributed by atoms with Crippen molar-refractivity contribution in [1.82, 2.24) is 5.32 Å². The van der Waals surface area contributed by atoms with Crippen LogP contribution in [0.1, 0.15) is 54.6 Å². The number of fused-ring (bicyclic) bond motifs is 2. The maximum Gasteiger partial charge on any atom is 0.414 e. The topological polar surface area (TPSA) is 121 Å². The molecule has 2 aromatic rings. The van der Waals surface area contributed by atoms with Gasteiger partial charge < -0.3 is 18.6 Å². The molecular weight excluding hydrogens is 490 g/mol. The highest BCUT2D eigenvalue weighted by atomic mass is 16.6. The number of rotatable bonds is 4. The molecule has 0 unspecified atom stereocenters. The number of esters is 1. The van der Waals surface area contributed by atoms with E-state index in [2.05, 4.69) is 5.32 Å². The Morgan fingerprint density at radius 1 is 1.11 bits per heavy atom. The molecule has 0 radical (unpaired) electrons. The number of benzene rings is 1. The second-order valence-electron chi connectivity index (χ2n) is 11.0. The van der Waals surface area contributed by atoms with Crippen LogP contribution < -0.4 is 5.32 Å². The third-order valence-corrected chi connectivity index (χ3v) is 9.13. The zero-order valence-electron chi connectivity index (χ0n) is 21.2. The average molecular weight is 520 g/mol. The summed E-state index contributed by atoms with van der Waals surface area (Å²) in [7, 11) is 1.59. The Morgan fingerprint density at radius 3 is 2.61 bits per heavy atom. The van der Waals surface area contributed by atoms with Gasteiger partial charge in [-0.05, 0) is 49.0 Å². The Bertz CT molecular complexity index is 1320. The van der Waals surface area contributed by atoms with Crippen LogP contribution in [0.2, 0.25) is 0 Å². The van der Waals surface area contributed by atoms with E-state index in [0.29, 0.717) is 24.8 Å². The minimum Gasteiger partial charge on any atom is -0.501 e. The monoisotopic (exact) mass is 519 g/mol. The van der Waals surface area contributed by atoms with Gasteiger partial charge in [0.15, 0.2) is 11.9 Å². The second-order valence-corrected chi connectivity index (χ2v) is 11.0. The largest absolute Gasteiger partial charge is 0.501 e. The van der Waals surface area contributed by atoms with E-state index in [1.807, 2.05) is 13.0 Å². The number of ketones is 1. The van der Waals surface area contributed by atoms with Crippen molar-refractivity contribution >= 4 is 23.8 Å². The fraction of sp³-hybridized carbons (Fsp3) is 0.448. The van der Waals surface area contributed by atoms with Crippen LogP contribution in [0.25, 0.3) is 0 Å². The first-order valence-electron chi connectivity index (χ1n) is 12.9. The van der Waals surface area contributed by atoms with Crippen molar-refractivity contribution < 1.29 is 37.8 Å². The maximum atomic E-state index is 14.2. The van der Waals surface area contributed by atoms with Crippen LogP contribution in [-0.4, -0.2) is 37.0 Å². The third kappa shape index (κ3) is 3.59. The standard InChI is InChI=1S/C29H29NO8/c1-28-13-21(17-9-11-36-15-17)37-26(33)18(28)8-10-29-14-22(35-2)19(29)12-20(23(31)24(28)29)38-27(34)30-25(32)16-6-4-3-5-7-16/h3-7,9,11,14-15,18-21,24H,8,10,12-13H2,1-2H3,(H,30,32,34)/t18-,19-,20-,21-,24+,28-,29+/m0/s1. The number of hydrogen-bond donors (Lipinski definition) is 1. The summed E-state index contributed by atoms with van der Waals surface area (Å²) in [5.74, 6) is -1.60. The van der Waals surface area contributed by atoms with Crippen LogP contribution >= 0.6 is 0 Å². The van der Waals surface area contributed by atoms with Crippen LogP contribution in [0.3, 0.4) is 0 Å². The summed E-state index contributed by atoms with van der Waals surface area (Å²) in [4.78, 5) is 52.6. The van der Waals surface area contributed by atoms with Crippen LogP contribution in [0.4, 0.5) is 4.79 Å². The first-order valence-corrected chi connectivity index (χ1v) is 12.9. The summed E-state index contributed by atoms with van der Waals surface area (Å²) in [5, 5.41) is 2.22. The molecule has 1 aromatic carbocycles. The quantitative estimate of drug-likeness (QED) is 0.592. The molecule has 198 valence electrons. The van der Waals surface area contributed by atoms with Gasteiger partial charge in [0.1, 0.15) is 6.10 Å². The molecule has 1 spiro atoms. The molecule has 2 heterocycles. The number of allylic oxidation sites excluding steroid dienone is 2. The number of imide groups is 1. The number of furan rings is 1. The van der Waals surface area contributed by atoms with E-state index in [4.69, 9.17) is 18.6 Å². The van der Waals surface area contributed by atoms with Crippen molar-refractivity contribution in [2.45, 2.75) is 44.8 Å². The molecule has 1 saturated heterocycles. The molecule has 1 N–H and O–H groups in total. The van der Waals surface area contributed by atoms with Crippen LogP contribution in [-0.2, 0) is 23.8 Å². The predicted octanol–water partition coefficient (Wildman–Crippen LogP) is 4.35. The van der Waals surface area contributed by atoms with Gasteiger partial charge in [0, 0.05) is 34.8 Å². The summed E-state index contributed by atoms with van der Waals surface area (Å²) in [6.07, 6.45) is 4.44. The average Bonchev–Trinajstić information content (AvgIpc) is 3.43. The zero-order chi connectivity index (χ0) is 26.7. The molecule has 4 aliphatic rings. The molecule has 3 fully saturated rings. The van der Waals surface area contributed by atoms with Gasteiger partial charge in [0.05, 0.1) is 31.3 Å². The summed E-state index contributed by atoms with van der Waals surface area (Å²) in [6, 6.07) is 10.1. The molecule has 9 nitrogen and oxygen atoms in total. The predicted molar refractivity (Wildman–Crippen MR) is 131 cm³/mol. The Balaban J connectivity index is 1.30. The van der Waals surface area contributed by atoms with Gasteiger partial charge in [-0.2, -0.15) is 0 Å². The molecular formula is C29H29NO8. The first-order chi connectivity index (χ1) is 18.3. The number of carbonyl (C=O) groups is 4. The Hall–Kier alpha value is -3.88. The molecule has 2 saturated carbocycles. The highest BCUT2D eigenvalue weighted by Gasteiger charge is 2.70. The molecule has 3 aliphatic carbocycles. The number of carbonyl (C=O) groups excluding carboxylic acids is 4. The number of hydrogen-bond acceptors (Lipinski definition) is 8. The molecule has 1 aliphatic heterocycles. The zero-order valence-corrected chi connectivity index (χ0v) is 21.2. The van der Waals surface area contributed by atoms with Crippen molar-refractivity contribution in [2.75, 3.05) is 7.11 Å². The summed E-state index contributed by atoms with van der Waals surface area (Å²) in [6.45, 7) is 1.98. The van der Waals surface area contributed by atoms with Crippen molar-refractivity contribution in [1.29, 1.82) is 0 Å². The van der Waals surface area contributed by atoms with Gasteiger partial charge in [-0.25, -0.2) is 4.79 Å². The molecule has 9 heteroatoms. The van der Waals surface area contributed by atoms with Gasteiger partial charge in [-0.15, -0.1) is 0 Å². The lowest BCUT2D eigenvalue weighted by Crippen LogP contribution is -2.66. The fourth-order valence-electron chi connectivity index (χ4n) is 7.47. The van der Waals surface area contributed by atoms with Gasteiger partial charge in [0.2, 0.25) is 0 Å². The molecule has 38 heavy (non-hydrogen) atoms. The highest BCUT2D eigenvalue weighted by Crippen LogP contribution is 2.70. The number of methoxy groups -OCH3 is 1. The summed E-state index contributed by atoms with van der Waals surface area (Å²) < 4.78 is 22.2. The lowest BCUT2D eigenvalue weighted by molar-refractivity contribution is -0.205. The van der Waals surface area contributed by atoms with E-state index in [0.717, 1.165) is 11.3 Å². The minimum absolute atomic E-state index is 0.138. The Morgan fingerprint density at radius 2 is 1.89 bits per heavy atom. The number of nitrogens with one attached hydrogen (secondary N) is 1. The van der Waals surface area contributed by atoms with E-state index in [1.54, 1.807) is 49.8 Å². The first kappa shape index (κ1) is 24.5.